The molecule has 0 atom stereocenters. The largest absolute Gasteiger partial charge is 0.346 e. The zero-order chi connectivity index (χ0) is 13.6. The summed E-state index contributed by atoms with van der Waals surface area (Å²) in [6.45, 7) is 3.91. The van der Waals surface area contributed by atoms with Gasteiger partial charge in [-0.15, -0.1) is 11.3 Å². The number of benzene rings is 1. The number of hydrogen-bond donors (Lipinski definition) is 1. The predicted octanol–water partition coefficient (Wildman–Crippen LogP) is 3.01. The molecule has 1 aliphatic rings. The maximum atomic E-state index is 13.8. The minimum atomic E-state index is -0.312. The van der Waals surface area contributed by atoms with E-state index in [4.69, 9.17) is 0 Å². The molecule has 5 heteroatoms. The van der Waals surface area contributed by atoms with Crippen molar-refractivity contribution < 1.29 is 9.18 Å². The van der Waals surface area contributed by atoms with Crippen molar-refractivity contribution in [2.45, 2.75) is 25.8 Å². The van der Waals surface area contributed by atoms with E-state index in [-0.39, 0.29) is 17.3 Å². The number of nitrogens with zero attached hydrogens (tertiary/aromatic N) is 1. The maximum absolute atomic E-state index is 13.8. The van der Waals surface area contributed by atoms with Gasteiger partial charge in [0.15, 0.2) is 0 Å². The number of rotatable bonds is 1. The summed E-state index contributed by atoms with van der Waals surface area (Å²) in [6.07, 6.45) is 0.666. The lowest BCUT2D eigenvalue weighted by molar-refractivity contribution is 0.0901. The van der Waals surface area contributed by atoms with E-state index in [0.29, 0.717) is 21.9 Å². The zero-order valence-electron chi connectivity index (χ0n) is 10.7. The lowest BCUT2D eigenvalue weighted by Gasteiger charge is -2.29. The number of aromatic nitrogens is 1. The number of hydrogen-bond acceptors (Lipinski definition) is 3. The Balaban J connectivity index is 2.09. The van der Waals surface area contributed by atoms with E-state index in [0.717, 1.165) is 5.69 Å². The molecule has 1 N–H and O–H groups in total. The molecule has 0 saturated carbocycles. The third-order valence-corrected chi connectivity index (χ3v) is 4.20. The Hall–Kier alpha value is -1.75. The van der Waals surface area contributed by atoms with Gasteiger partial charge in [-0.1, -0.05) is 12.1 Å². The molecule has 0 unspecified atom stereocenters. The molecule has 3 rings (SSSR count). The summed E-state index contributed by atoms with van der Waals surface area (Å²) in [5.74, 6) is -0.431. The van der Waals surface area contributed by atoms with Crippen LogP contribution in [0, 0.1) is 5.82 Å². The van der Waals surface area contributed by atoms with Crippen LogP contribution in [0.25, 0.3) is 10.6 Å². The van der Waals surface area contributed by atoms with Gasteiger partial charge >= 0.3 is 0 Å². The Morgan fingerprint density at radius 1 is 1.37 bits per heavy atom. The molecule has 1 aromatic heterocycles. The van der Waals surface area contributed by atoms with Crippen molar-refractivity contribution in [2.75, 3.05) is 0 Å². The second-order valence-electron chi connectivity index (χ2n) is 5.29. The molecule has 0 bridgehead atoms. The molecule has 3 nitrogen and oxygen atoms in total. The first-order valence-electron chi connectivity index (χ1n) is 6.03. The number of carbonyl (C=O) groups is 1. The molecule has 0 aliphatic carbocycles. The van der Waals surface area contributed by atoms with Crippen molar-refractivity contribution in [1.29, 1.82) is 0 Å². The van der Waals surface area contributed by atoms with E-state index in [2.05, 4.69) is 10.3 Å². The second-order valence-corrected chi connectivity index (χ2v) is 6.29. The number of carbonyl (C=O) groups excluding carboxylic acids is 1. The number of amides is 1. The lowest BCUT2D eigenvalue weighted by Crippen LogP contribution is -2.48. The summed E-state index contributed by atoms with van der Waals surface area (Å²) in [4.78, 5) is 17.0. The van der Waals surface area contributed by atoms with Gasteiger partial charge in [0, 0.05) is 17.5 Å². The third kappa shape index (κ3) is 2.14. The SMILES string of the molecule is CC1(C)Cc2nc(-c3ccccc3F)sc2C(=O)N1. The molecule has 2 aromatic rings. The van der Waals surface area contributed by atoms with Crippen LogP contribution in [0.1, 0.15) is 29.2 Å². The van der Waals surface area contributed by atoms with Crippen LogP contribution in [0.2, 0.25) is 0 Å². The van der Waals surface area contributed by atoms with Crippen LogP contribution in [0.15, 0.2) is 24.3 Å². The summed E-state index contributed by atoms with van der Waals surface area (Å²) in [6, 6.07) is 6.49. The fourth-order valence-electron chi connectivity index (χ4n) is 2.23. The highest BCUT2D eigenvalue weighted by Crippen LogP contribution is 2.33. The fraction of sp³-hybridized carbons (Fsp3) is 0.286. The van der Waals surface area contributed by atoms with E-state index < -0.39 is 0 Å². The Kier molecular flexibility index (Phi) is 2.67. The molecule has 98 valence electrons. The van der Waals surface area contributed by atoms with Crippen molar-refractivity contribution in [3.05, 3.63) is 40.7 Å². The third-order valence-electron chi connectivity index (χ3n) is 3.07. The molecular weight excluding hydrogens is 263 g/mol. The fourth-order valence-corrected chi connectivity index (χ4v) is 3.23. The minimum absolute atomic E-state index is 0.119. The normalized spacial score (nSPS) is 16.9. The smallest absolute Gasteiger partial charge is 0.263 e. The van der Waals surface area contributed by atoms with Gasteiger partial charge in [0.25, 0.3) is 5.91 Å². The van der Waals surface area contributed by atoms with Crippen molar-refractivity contribution in [2.24, 2.45) is 0 Å². The van der Waals surface area contributed by atoms with Crippen LogP contribution in [-0.4, -0.2) is 16.4 Å². The topological polar surface area (TPSA) is 42.0 Å². The van der Waals surface area contributed by atoms with Gasteiger partial charge in [0.05, 0.1) is 5.69 Å². The van der Waals surface area contributed by atoms with Crippen molar-refractivity contribution >= 4 is 17.2 Å². The molecular formula is C14H13FN2OS. The van der Waals surface area contributed by atoms with Gasteiger partial charge in [0.1, 0.15) is 15.7 Å². The van der Waals surface area contributed by atoms with Crippen LogP contribution < -0.4 is 5.32 Å². The number of fused-ring (bicyclic) bond motifs is 1. The van der Waals surface area contributed by atoms with Crippen LogP contribution in [0.5, 0.6) is 0 Å². The van der Waals surface area contributed by atoms with Gasteiger partial charge in [-0.3, -0.25) is 4.79 Å². The van der Waals surface area contributed by atoms with Crippen molar-refractivity contribution in [3.63, 3.8) is 0 Å². The molecule has 1 aromatic carbocycles. The maximum Gasteiger partial charge on any atom is 0.263 e. The average molecular weight is 276 g/mol. The Bertz CT molecular complexity index is 663. The first-order valence-corrected chi connectivity index (χ1v) is 6.85. The lowest BCUT2D eigenvalue weighted by atomic mass is 9.94. The zero-order valence-corrected chi connectivity index (χ0v) is 11.5. The average Bonchev–Trinajstić information content (AvgIpc) is 2.71. The van der Waals surface area contributed by atoms with Crippen molar-refractivity contribution in [3.8, 4) is 10.6 Å². The summed E-state index contributed by atoms with van der Waals surface area (Å²) < 4.78 is 13.8. The Morgan fingerprint density at radius 2 is 2.11 bits per heavy atom. The monoisotopic (exact) mass is 276 g/mol. The first kappa shape index (κ1) is 12.3. The number of halogens is 1. The van der Waals surface area contributed by atoms with E-state index in [1.807, 2.05) is 13.8 Å². The molecule has 1 aliphatic heterocycles. The Labute approximate surface area is 114 Å². The van der Waals surface area contributed by atoms with Crippen LogP contribution in [-0.2, 0) is 6.42 Å². The molecule has 0 radical (unpaired) electrons. The van der Waals surface area contributed by atoms with Gasteiger partial charge in [-0.05, 0) is 26.0 Å². The van der Waals surface area contributed by atoms with E-state index in [1.54, 1.807) is 18.2 Å². The number of thiazole rings is 1. The highest BCUT2D eigenvalue weighted by atomic mass is 32.1. The summed E-state index contributed by atoms with van der Waals surface area (Å²) in [5.41, 5.74) is 0.912. The summed E-state index contributed by atoms with van der Waals surface area (Å²) in [7, 11) is 0. The molecule has 0 fully saturated rings. The van der Waals surface area contributed by atoms with Crippen LogP contribution in [0.3, 0.4) is 0 Å². The molecule has 0 spiro atoms. The van der Waals surface area contributed by atoms with Gasteiger partial charge in [-0.2, -0.15) is 0 Å². The van der Waals surface area contributed by atoms with Crippen LogP contribution >= 0.6 is 11.3 Å². The van der Waals surface area contributed by atoms with Crippen molar-refractivity contribution in [1.82, 2.24) is 10.3 Å². The first-order chi connectivity index (χ1) is 8.96. The second kappa shape index (κ2) is 4.13. The predicted molar refractivity (Wildman–Crippen MR) is 72.8 cm³/mol. The highest BCUT2D eigenvalue weighted by Gasteiger charge is 2.33. The standard InChI is InChI=1S/C14H13FN2OS/c1-14(2)7-10-11(12(18)17-14)19-13(16-10)8-5-3-4-6-9(8)15/h3-6H,7H2,1-2H3,(H,17,18). The molecule has 2 heterocycles. The van der Waals surface area contributed by atoms with Gasteiger partial charge < -0.3 is 5.32 Å². The molecule has 19 heavy (non-hydrogen) atoms. The Morgan fingerprint density at radius 3 is 2.84 bits per heavy atom. The van der Waals surface area contributed by atoms with E-state index in [9.17, 15) is 9.18 Å². The van der Waals surface area contributed by atoms with Gasteiger partial charge in [0.2, 0.25) is 0 Å². The van der Waals surface area contributed by atoms with Crippen LogP contribution in [0.4, 0.5) is 4.39 Å². The highest BCUT2D eigenvalue weighted by molar-refractivity contribution is 7.17. The molecule has 1 amide bonds. The quantitative estimate of drug-likeness (QED) is 0.870. The van der Waals surface area contributed by atoms with E-state index in [1.165, 1.54) is 17.4 Å². The minimum Gasteiger partial charge on any atom is -0.346 e. The number of nitrogens with one attached hydrogen (secondary N) is 1. The summed E-state index contributed by atoms with van der Waals surface area (Å²) >= 11 is 1.25. The van der Waals surface area contributed by atoms with E-state index >= 15 is 0 Å². The van der Waals surface area contributed by atoms with Gasteiger partial charge in [-0.25, -0.2) is 9.37 Å². The summed E-state index contributed by atoms with van der Waals surface area (Å²) in [5, 5.41) is 3.49. The molecule has 0 saturated heterocycles.